The minimum Gasteiger partial charge on any atom is -0.284 e. The number of nitrogens with zero attached hydrogens (tertiary/aromatic N) is 2. The number of hydrogen-bond donors (Lipinski definition) is 0. The third kappa shape index (κ3) is 6.12. The Balaban J connectivity index is 1.36. The fourth-order valence-electron chi connectivity index (χ4n) is 4.64. The molecule has 2 unspecified atom stereocenters. The second kappa shape index (κ2) is 12.1. The number of piperazine rings is 1. The van der Waals surface area contributed by atoms with E-state index in [1.54, 1.807) is 0 Å². The van der Waals surface area contributed by atoms with Gasteiger partial charge in [-0.3, -0.25) is 9.80 Å². The van der Waals surface area contributed by atoms with Crippen LogP contribution in [0.5, 0.6) is 0 Å². The lowest BCUT2D eigenvalue weighted by Gasteiger charge is -2.40. The summed E-state index contributed by atoms with van der Waals surface area (Å²) in [5.74, 6) is 14.0. The predicted octanol–water partition coefficient (Wildman–Crippen LogP) is 6.19. The van der Waals surface area contributed by atoms with Gasteiger partial charge in [0.2, 0.25) is 0 Å². The van der Waals surface area contributed by atoms with Crippen molar-refractivity contribution >= 4 is 0 Å². The molecule has 2 atom stereocenters. The molecular formula is C34H30N2. The van der Waals surface area contributed by atoms with Crippen LogP contribution >= 0.6 is 0 Å². The summed E-state index contributed by atoms with van der Waals surface area (Å²) >= 11 is 0. The van der Waals surface area contributed by atoms with Crippen LogP contribution in [0.2, 0.25) is 0 Å². The molecule has 0 aromatic heterocycles. The monoisotopic (exact) mass is 466 g/mol. The summed E-state index contributed by atoms with van der Waals surface area (Å²) in [6.07, 6.45) is 0. The minimum atomic E-state index is 0.0686. The topological polar surface area (TPSA) is 6.48 Å². The molecule has 1 fully saturated rings. The molecule has 4 aromatic rings. The zero-order valence-corrected chi connectivity index (χ0v) is 20.4. The highest BCUT2D eigenvalue weighted by Crippen LogP contribution is 2.26. The highest BCUT2D eigenvalue weighted by Gasteiger charge is 2.27. The van der Waals surface area contributed by atoms with Crippen molar-refractivity contribution in [1.82, 2.24) is 9.80 Å². The lowest BCUT2D eigenvalue weighted by atomic mass is 10.0. The Hall–Kier alpha value is -4.08. The summed E-state index contributed by atoms with van der Waals surface area (Å²) in [6.45, 7) is 3.78. The van der Waals surface area contributed by atoms with Gasteiger partial charge in [0.05, 0.1) is 12.1 Å². The van der Waals surface area contributed by atoms with E-state index in [0.29, 0.717) is 0 Å². The quantitative estimate of drug-likeness (QED) is 0.331. The van der Waals surface area contributed by atoms with Crippen molar-refractivity contribution in [1.29, 1.82) is 0 Å². The summed E-state index contributed by atoms with van der Waals surface area (Å²) in [7, 11) is 0. The zero-order chi connectivity index (χ0) is 24.4. The summed E-state index contributed by atoms with van der Waals surface area (Å²) in [6, 6.07) is 42.0. The maximum Gasteiger partial charge on any atom is 0.0975 e. The van der Waals surface area contributed by atoms with Gasteiger partial charge in [-0.1, -0.05) is 121 Å². The van der Waals surface area contributed by atoms with E-state index in [9.17, 15) is 0 Å². The second-order valence-electron chi connectivity index (χ2n) is 8.97. The van der Waals surface area contributed by atoms with E-state index in [2.05, 4.69) is 118 Å². The standard InChI is InChI=1S/C34H30N2/c1-5-13-29(14-6-1)21-23-33(31-17-9-3-10-18-31)35-25-27-36(28-26-35)34(32-19-11-4-12-20-32)24-22-30-15-7-2-8-16-30/h1-20,33-34H,25-28H2. The molecule has 0 aliphatic carbocycles. The first-order valence-electron chi connectivity index (χ1n) is 12.6. The summed E-state index contributed by atoms with van der Waals surface area (Å²) in [5.41, 5.74) is 4.60. The van der Waals surface area contributed by atoms with Gasteiger partial charge in [0.15, 0.2) is 0 Å². The van der Waals surface area contributed by atoms with Crippen molar-refractivity contribution in [3.8, 4) is 23.7 Å². The van der Waals surface area contributed by atoms with E-state index in [1.165, 1.54) is 11.1 Å². The first-order chi connectivity index (χ1) is 17.9. The van der Waals surface area contributed by atoms with Gasteiger partial charge in [-0.25, -0.2) is 0 Å². The number of benzene rings is 4. The van der Waals surface area contributed by atoms with E-state index < -0.39 is 0 Å². The fraction of sp³-hybridized carbons (Fsp3) is 0.176. The first-order valence-corrected chi connectivity index (χ1v) is 12.6. The van der Waals surface area contributed by atoms with E-state index >= 15 is 0 Å². The Morgan fingerprint density at radius 2 is 0.722 bits per heavy atom. The number of hydrogen-bond acceptors (Lipinski definition) is 2. The molecule has 0 N–H and O–H groups in total. The summed E-state index contributed by atoms with van der Waals surface area (Å²) < 4.78 is 0. The molecule has 1 heterocycles. The van der Waals surface area contributed by atoms with Gasteiger partial charge in [0.1, 0.15) is 0 Å². The van der Waals surface area contributed by atoms with E-state index in [4.69, 9.17) is 0 Å². The lowest BCUT2D eigenvalue weighted by Crippen LogP contribution is -2.48. The van der Waals surface area contributed by atoms with Crippen LogP contribution in [0.25, 0.3) is 0 Å². The Morgan fingerprint density at radius 1 is 0.417 bits per heavy atom. The molecule has 0 amide bonds. The van der Waals surface area contributed by atoms with Gasteiger partial charge in [0.25, 0.3) is 0 Å². The van der Waals surface area contributed by atoms with Gasteiger partial charge in [0, 0.05) is 37.3 Å². The van der Waals surface area contributed by atoms with Gasteiger partial charge < -0.3 is 0 Å². The molecule has 1 saturated heterocycles. The Kier molecular flexibility index (Phi) is 7.92. The molecule has 5 rings (SSSR count). The molecule has 2 nitrogen and oxygen atoms in total. The third-order valence-electron chi connectivity index (χ3n) is 6.56. The Morgan fingerprint density at radius 3 is 1.06 bits per heavy atom. The normalized spacial score (nSPS) is 15.6. The molecule has 176 valence electrons. The van der Waals surface area contributed by atoms with Gasteiger partial charge in [-0.05, 0) is 35.4 Å². The van der Waals surface area contributed by atoms with E-state index in [1.807, 2.05) is 36.4 Å². The highest BCUT2D eigenvalue weighted by atomic mass is 15.3. The van der Waals surface area contributed by atoms with E-state index in [0.717, 1.165) is 37.3 Å². The maximum atomic E-state index is 3.57. The average Bonchev–Trinajstić information content (AvgIpc) is 2.96. The van der Waals surface area contributed by atoms with Crippen molar-refractivity contribution in [2.75, 3.05) is 26.2 Å². The van der Waals surface area contributed by atoms with Crippen LogP contribution in [0.15, 0.2) is 121 Å². The van der Waals surface area contributed by atoms with Gasteiger partial charge >= 0.3 is 0 Å². The summed E-state index contributed by atoms with van der Waals surface area (Å²) in [5, 5.41) is 0. The largest absolute Gasteiger partial charge is 0.284 e. The van der Waals surface area contributed by atoms with E-state index in [-0.39, 0.29) is 12.1 Å². The second-order valence-corrected chi connectivity index (χ2v) is 8.97. The van der Waals surface area contributed by atoms with Crippen molar-refractivity contribution in [3.05, 3.63) is 144 Å². The minimum absolute atomic E-state index is 0.0686. The number of rotatable bonds is 4. The van der Waals surface area contributed by atoms with Crippen LogP contribution in [0.4, 0.5) is 0 Å². The molecule has 0 bridgehead atoms. The Labute approximate surface area is 215 Å². The maximum absolute atomic E-state index is 3.57. The molecule has 1 aliphatic heterocycles. The molecular weight excluding hydrogens is 436 g/mol. The van der Waals surface area contributed by atoms with Crippen LogP contribution < -0.4 is 0 Å². The molecule has 0 saturated carbocycles. The summed E-state index contributed by atoms with van der Waals surface area (Å²) in [4.78, 5) is 5.02. The third-order valence-corrected chi connectivity index (χ3v) is 6.56. The van der Waals surface area contributed by atoms with Crippen LogP contribution in [-0.4, -0.2) is 36.0 Å². The molecule has 0 radical (unpaired) electrons. The molecule has 4 aromatic carbocycles. The van der Waals surface area contributed by atoms with Crippen molar-refractivity contribution in [3.63, 3.8) is 0 Å². The molecule has 2 heteroatoms. The first kappa shape index (κ1) is 23.7. The van der Waals surface area contributed by atoms with Gasteiger partial charge in [-0.15, -0.1) is 0 Å². The molecule has 0 spiro atoms. The zero-order valence-electron chi connectivity index (χ0n) is 20.4. The predicted molar refractivity (Wildman–Crippen MR) is 148 cm³/mol. The highest BCUT2D eigenvalue weighted by molar-refractivity contribution is 5.39. The fourth-order valence-corrected chi connectivity index (χ4v) is 4.64. The molecule has 1 aliphatic rings. The van der Waals surface area contributed by atoms with Crippen LogP contribution in [0.1, 0.15) is 34.3 Å². The van der Waals surface area contributed by atoms with Crippen LogP contribution in [-0.2, 0) is 0 Å². The van der Waals surface area contributed by atoms with Gasteiger partial charge in [-0.2, -0.15) is 0 Å². The molecule has 36 heavy (non-hydrogen) atoms. The lowest BCUT2D eigenvalue weighted by molar-refractivity contribution is 0.0990. The van der Waals surface area contributed by atoms with Crippen molar-refractivity contribution in [2.24, 2.45) is 0 Å². The van der Waals surface area contributed by atoms with Crippen molar-refractivity contribution < 1.29 is 0 Å². The smallest absolute Gasteiger partial charge is 0.0975 e. The SMILES string of the molecule is C(#CC(c1ccccc1)N1CCN(C(C#Cc2ccccc2)c2ccccc2)CC1)c1ccccc1. The average molecular weight is 467 g/mol. The Bertz CT molecular complexity index is 1230. The van der Waals surface area contributed by atoms with Crippen molar-refractivity contribution in [2.45, 2.75) is 12.1 Å². The van der Waals surface area contributed by atoms with Crippen LogP contribution in [0, 0.1) is 23.7 Å². The van der Waals surface area contributed by atoms with Crippen LogP contribution in [0.3, 0.4) is 0 Å².